The van der Waals surface area contributed by atoms with Gasteiger partial charge in [0.1, 0.15) is 6.61 Å². The number of nitrogens with one attached hydrogen (secondary N) is 3. The van der Waals surface area contributed by atoms with Gasteiger partial charge in [-0.1, -0.05) is 19.1 Å². The summed E-state index contributed by atoms with van der Waals surface area (Å²) in [6, 6.07) is 8.12. The minimum atomic E-state index is -0.491. The van der Waals surface area contributed by atoms with Crippen LogP contribution < -0.4 is 16.0 Å². The molecule has 0 aromatic heterocycles. The maximum atomic E-state index is 11.5. The molecule has 1 aromatic carbocycles. The van der Waals surface area contributed by atoms with Gasteiger partial charge in [-0.3, -0.25) is 4.79 Å². The summed E-state index contributed by atoms with van der Waals surface area (Å²) < 4.78 is 5.10. The highest BCUT2D eigenvalue weighted by Gasteiger charge is 2.03. The van der Waals surface area contributed by atoms with Crippen LogP contribution in [0.5, 0.6) is 0 Å². The van der Waals surface area contributed by atoms with Gasteiger partial charge in [0.05, 0.1) is 0 Å². The summed E-state index contributed by atoms with van der Waals surface area (Å²) in [5, 5.41) is 8.54. The van der Waals surface area contributed by atoms with E-state index >= 15 is 0 Å². The first-order chi connectivity index (χ1) is 10.5. The van der Waals surface area contributed by atoms with E-state index in [-0.39, 0.29) is 12.5 Å². The average molecular weight is 307 g/mol. The molecule has 1 aromatic rings. The predicted octanol–water partition coefficient (Wildman–Crippen LogP) is 2.26. The van der Waals surface area contributed by atoms with E-state index in [9.17, 15) is 9.59 Å². The maximum absolute atomic E-state index is 11.5. The molecular formula is C16H25N3O3. The standard InChI is InChI=1S/C16H25N3O3/c1-4-15(20)17-9-10-18-16(21)22-11-13-5-7-14(8-6-13)19-12(2)3/h5-8,12,19H,4,9-11H2,1-3H3,(H,17,20)(H,18,21). The largest absolute Gasteiger partial charge is 0.445 e. The van der Waals surface area contributed by atoms with Crippen molar-refractivity contribution in [3.8, 4) is 0 Å². The summed E-state index contributed by atoms with van der Waals surface area (Å²) in [7, 11) is 0. The fourth-order valence-corrected chi connectivity index (χ4v) is 1.72. The van der Waals surface area contributed by atoms with Crippen LogP contribution in [0.25, 0.3) is 0 Å². The fourth-order valence-electron chi connectivity index (χ4n) is 1.72. The molecule has 6 heteroatoms. The van der Waals surface area contributed by atoms with Crippen LogP contribution in [-0.4, -0.2) is 31.1 Å². The molecule has 0 atom stereocenters. The van der Waals surface area contributed by atoms with Crippen molar-refractivity contribution in [3.63, 3.8) is 0 Å². The van der Waals surface area contributed by atoms with Crippen LogP contribution in [0.3, 0.4) is 0 Å². The SMILES string of the molecule is CCC(=O)NCCNC(=O)OCc1ccc(NC(C)C)cc1. The van der Waals surface area contributed by atoms with E-state index < -0.39 is 6.09 Å². The Balaban J connectivity index is 2.22. The van der Waals surface area contributed by atoms with Gasteiger partial charge < -0.3 is 20.7 Å². The summed E-state index contributed by atoms with van der Waals surface area (Å²) in [6.45, 7) is 6.89. The van der Waals surface area contributed by atoms with Crippen LogP contribution in [0.15, 0.2) is 24.3 Å². The number of alkyl carbamates (subject to hydrolysis) is 1. The smallest absolute Gasteiger partial charge is 0.407 e. The number of benzene rings is 1. The summed E-state index contributed by atoms with van der Waals surface area (Å²) in [6.07, 6.45) is -0.0540. The molecule has 0 aliphatic carbocycles. The maximum Gasteiger partial charge on any atom is 0.407 e. The van der Waals surface area contributed by atoms with Crippen molar-refractivity contribution in [2.75, 3.05) is 18.4 Å². The lowest BCUT2D eigenvalue weighted by Gasteiger charge is -2.11. The zero-order valence-electron chi connectivity index (χ0n) is 13.4. The van der Waals surface area contributed by atoms with Crippen molar-refractivity contribution in [2.24, 2.45) is 0 Å². The average Bonchev–Trinajstić information content (AvgIpc) is 2.50. The van der Waals surface area contributed by atoms with E-state index in [2.05, 4.69) is 29.8 Å². The number of carbonyl (C=O) groups is 2. The van der Waals surface area contributed by atoms with Crippen molar-refractivity contribution in [2.45, 2.75) is 39.8 Å². The van der Waals surface area contributed by atoms with Crippen LogP contribution in [0, 0.1) is 0 Å². The molecule has 0 fully saturated rings. The first-order valence-corrected chi connectivity index (χ1v) is 7.54. The molecule has 0 spiro atoms. The molecule has 0 saturated carbocycles. The monoisotopic (exact) mass is 307 g/mol. The molecule has 0 radical (unpaired) electrons. The van der Waals surface area contributed by atoms with Crippen LogP contribution >= 0.6 is 0 Å². The molecule has 0 aliphatic rings. The van der Waals surface area contributed by atoms with Crippen molar-refractivity contribution < 1.29 is 14.3 Å². The van der Waals surface area contributed by atoms with Gasteiger partial charge in [-0.15, -0.1) is 0 Å². The Bertz CT molecular complexity index is 472. The molecule has 1 rings (SSSR count). The quantitative estimate of drug-likeness (QED) is 0.644. The van der Waals surface area contributed by atoms with Gasteiger partial charge in [-0.05, 0) is 31.5 Å². The highest BCUT2D eigenvalue weighted by atomic mass is 16.5. The molecule has 2 amide bonds. The van der Waals surface area contributed by atoms with Gasteiger partial charge in [0.25, 0.3) is 0 Å². The number of hydrogen-bond donors (Lipinski definition) is 3. The predicted molar refractivity (Wildman–Crippen MR) is 86.7 cm³/mol. The van der Waals surface area contributed by atoms with Gasteiger partial charge in [-0.25, -0.2) is 4.79 Å². The molecule has 6 nitrogen and oxygen atoms in total. The third-order valence-corrected chi connectivity index (χ3v) is 2.82. The van der Waals surface area contributed by atoms with Crippen LogP contribution in [0.4, 0.5) is 10.5 Å². The molecule has 0 bridgehead atoms. The first kappa shape index (κ1) is 17.8. The third-order valence-electron chi connectivity index (χ3n) is 2.82. The lowest BCUT2D eigenvalue weighted by atomic mass is 10.2. The first-order valence-electron chi connectivity index (χ1n) is 7.54. The minimum Gasteiger partial charge on any atom is -0.445 e. The van der Waals surface area contributed by atoms with Gasteiger partial charge in [-0.2, -0.15) is 0 Å². The molecule has 0 heterocycles. The number of anilines is 1. The molecule has 22 heavy (non-hydrogen) atoms. The van der Waals surface area contributed by atoms with Gasteiger partial charge in [0.15, 0.2) is 0 Å². The number of amides is 2. The third kappa shape index (κ3) is 7.52. The Morgan fingerprint density at radius 3 is 2.32 bits per heavy atom. The Morgan fingerprint density at radius 1 is 1.09 bits per heavy atom. The van der Waals surface area contributed by atoms with Crippen molar-refractivity contribution in [1.82, 2.24) is 10.6 Å². The topological polar surface area (TPSA) is 79.5 Å². The van der Waals surface area contributed by atoms with Crippen LogP contribution in [-0.2, 0) is 16.1 Å². The molecule has 122 valence electrons. The molecule has 0 saturated heterocycles. The van der Waals surface area contributed by atoms with Gasteiger partial charge >= 0.3 is 6.09 Å². The Labute approximate surface area is 131 Å². The van der Waals surface area contributed by atoms with Crippen molar-refractivity contribution in [3.05, 3.63) is 29.8 Å². The normalized spacial score (nSPS) is 10.2. The van der Waals surface area contributed by atoms with E-state index in [1.807, 2.05) is 24.3 Å². The number of hydrogen-bond acceptors (Lipinski definition) is 4. The van der Waals surface area contributed by atoms with Crippen molar-refractivity contribution >= 4 is 17.7 Å². The van der Waals surface area contributed by atoms with Crippen LogP contribution in [0.2, 0.25) is 0 Å². The van der Waals surface area contributed by atoms with E-state index in [1.165, 1.54) is 0 Å². The second-order valence-electron chi connectivity index (χ2n) is 5.20. The second kappa shape index (κ2) is 9.65. The van der Waals surface area contributed by atoms with E-state index in [1.54, 1.807) is 6.92 Å². The summed E-state index contributed by atoms with van der Waals surface area (Å²) >= 11 is 0. The summed E-state index contributed by atoms with van der Waals surface area (Å²) in [4.78, 5) is 22.5. The fraction of sp³-hybridized carbons (Fsp3) is 0.500. The Kier molecular flexibility index (Phi) is 7.81. The summed E-state index contributed by atoms with van der Waals surface area (Å²) in [5.74, 6) is -0.0368. The summed E-state index contributed by atoms with van der Waals surface area (Å²) in [5.41, 5.74) is 1.96. The van der Waals surface area contributed by atoms with E-state index in [0.717, 1.165) is 11.3 Å². The Hall–Kier alpha value is -2.24. The van der Waals surface area contributed by atoms with E-state index in [4.69, 9.17) is 4.74 Å². The van der Waals surface area contributed by atoms with Gasteiger partial charge in [0.2, 0.25) is 5.91 Å². The molecule has 0 aliphatic heterocycles. The highest BCUT2D eigenvalue weighted by Crippen LogP contribution is 2.11. The van der Waals surface area contributed by atoms with E-state index in [0.29, 0.717) is 25.6 Å². The minimum absolute atomic E-state index is 0.0368. The van der Waals surface area contributed by atoms with Crippen molar-refractivity contribution in [1.29, 1.82) is 0 Å². The Morgan fingerprint density at radius 2 is 1.73 bits per heavy atom. The molecule has 0 unspecified atom stereocenters. The molecular weight excluding hydrogens is 282 g/mol. The number of ether oxygens (including phenoxy) is 1. The van der Waals surface area contributed by atoms with Gasteiger partial charge in [0, 0.05) is 31.2 Å². The highest BCUT2D eigenvalue weighted by molar-refractivity contribution is 5.75. The zero-order valence-corrected chi connectivity index (χ0v) is 13.4. The number of rotatable bonds is 8. The molecule has 3 N–H and O–H groups in total. The second-order valence-corrected chi connectivity index (χ2v) is 5.20. The van der Waals surface area contributed by atoms with Crippen LogP contribution in [0.1, 0.15) is 32.8 Å². The lowest BCUT2D eigenvalue weighted by Crippen LogP contribution is -2.34. The zero-order chi connectivity index (χ0) is 16.4. The number of carbonyl (C=O) groups excluding carboxylic acids is 2. The lowest BCUT2D eigenvalue weighted by molar-refractivity contribution is -0.120.